The molecule has 9 heteroatoms. The van der Waals surface area contributed by atoms with E-state index in [0.29, 0.717) is 25.2 Å². The van der Waals surface area contributed by atoms with E-state index in [2.05, 4.69) is 9.82 Å². The Labute approximate surface area is 149 Å². The van der Waals surface area contributed by atoms with E-state index < -0.39 is 21.7 Å². The maximum Gasteiger partial charge on any atom is 0.410 e. The lowest BCUT2D eigenvalue weighted by molar-refractivity contribution is 0.0224. The summed E-state index contributed by atoms with van der Waals surface area (Å²) in [4.78, 5) is 13.9. The Morgan fingerprint density at radius 1 is 1.36 bits per heavy atom. The number of ether oxygens (including phenoxy) is 1. The van der Waals surface area contributed by atoms with Gasteiger partial charge in [-0.1, -0.05) is 13.3 Å². The highest BCUT2D eigenvalue weighted by molar-refractivity contribution is 7.92. The number of aromatic nitrogens is 2. The van der Waals surface area contributed by atoms with Crippen LogP contribution in [0, 0.1) is 0 Å². The van der Waals surface area contributed by atoms with Gasteiger partial charge in [-0.25, -0.2) is 13.2 Å². The van der Waals surface area contributed by atoms with Crippen molar-refractivity contribution >= 4 is 21.9 Å². The van der Waals surface area contributed by atoms with Crippen molar-refractivity contribution in [3.05, 3.63) is 11.3 Å². The van der Waals surface area contributed by atoms with Gasteiger partial charge >= 0.3 is 6.09 Å². The van der Waals surface area contributed by atoms with E-state index in [0.717, 1.165) is 17.7 Å². The molecule has 1 aromatic heterocycles. The fraction of sp³-hybridized carbons (Fsp3) is 0.750. The Bertz CT molecular complexity index is 734. The fourth-order valence-electron chi connectivity index (χ4n) is 2.64. The molecule has 0 atom stereocenters. The molecule has 0 bridgehead atoms. The first-order valence-electron chi connectivity index (χ1n) is 8.55. The zero-order valence-corrected chi connectivity index (χ0v) is 16.4. The molecule has 0 spiro atoms. The maximum absolute atomic E-state index is 12.3. The summed E-state index contributed by atoms with van der Waals surface area (Å²) in [6, 6.07) is 0. The second-order valence-corrected chi connectivity index (χ2v) is 9.17. The van der Waals surface area contributed by atoms with Crippen LogP contribution in [0.3, 0.4) is 0 Å². The molecule has 0 aromatic carbocycles. The molecule has 1 amide bonds. The molecule has 1 aromatic rings. The van der Waals surface area contributed by atoms with E-state index in [9.17, 15) is 13.2 Å². The van der Waals surface area contributed by atoms with E-state index in [4.69, 9.17) is 4.74 Å². The van der Waals surface area contributed by atoms with Crippen molar-refractivity contribution in [3.63, 3.8) is 0 Å². The Kier molecular flexibility index (Phi) is 5.65. The van der Waals surface area contributed by atoms with E-state index in [1.165, 1.54) is 4.68 Å². The minimum Gasteiger partial charge on any atom is -0.444 e. The van der Waals surface area contributed by atoms with Gasteiger partial charge in [-0.3, -0.25) is 9.40 Å². The van der Waals surface area contributed by atoms with Crippen LogP contribution in [0.4, 0.5) is 10.6 Å². The van der Waals surface area contributed by atoms with Crippen LogP contribution in [0.25, 0.3) is 0 Å². The standard InChI is InChI=1S/C16H28N4O4S/c1-6-7-10-25(22,23)18-14-12-11-20(15(21)24-16(2,3)4)9-8-13(12)17-19(14)5/h18H,6-11H2,1-5H3. The first kappa shape index (κ1) is 19.6. The number of amides is 1. The normalized spacial score (nSPS) is 15.0. The third-order valence-corrected chi connectivity index (χ3v) is 5.20. The number of aryl methyl sites for hydroxylation is 1. The summed E-state index contributed by atoms with van der Waals surface area (Å²) in [5.74, 6) is 0.499. The van der Waals surface area contributed by atoms with E-state index in [1.807, 2.05) is 27.7 Å². The maximum atomic E-state index is 12.3. The number of rotatable bonds is 5. The van der Waals surface area contributed by atoms with Crippen LogP contribution in [0.2, 0.25) is 0 Å². The molecule has 0 aliphatic carbocycles. The Morgan fingerprint density at radius 2 is 2.04 bits per heavy atom. The number of unbranched alkanes of at least 4 members (excludes halogenated alkanes) is 1. The number of carbonyl (C=O) groups excluding carboxylic acids is 1. The molecule has 0 saturated heterocycles. The summed E-state index contributed by atoms with van der Waals surface area (Å²) < 4.78 is 34.1. The molecular formula is C16H28N4O4S. The molecule has 1 aliphatic rings. The van der Waals surface area contributed by atoms with Crippen LogP contribution in [0.1, 0.15) is 51.8 Å². The minimum atomic E-state index is -3.43. The van der Waals surface area contributed by atoms with Gasteiger partial charge < -0.3 is 9.64 Å². The number of nitrogens with one attached hydrogen (secondary N) is 1. The summed E-state index contributed by atoms with van der Waals surface area (Å²) in [6.45, 7) is 8.18. The smallest absolute Gasteiger partial charge is 0.410 e. The van der Waals surface area contributed by atoms with Crippen LogP contribution in [0.15, 0.2) is 0 Å². The lowest BCUT2D eigenvalue weighted by Crippen LogP contribution is -2.40. The van der Waals surface area contributed by atoms with Crippen molar-refractivity contribution in [3.8, 4) is 0 Å². The molecule has 1 aliphatic heterocycles. The molecule has 2 rings (SSSR count). The number of hydrogen-bond acceptors (Lipinski definition) is 5. The van der Waals surface area contributed by atoms with Crippen molar-refractivity contribution < 1.29 is 17.9 Å². The highest BCUT2D eigenvalue weighted by atomic mass is 32.2. The fourth-order valence-corrected chi connectivity index (χ4v) is 3.96. The van der Waals surface area contributed by atoms with Gasteiger partial charge in [0.25, 0.3) is 0 Å². The highest BCUT2D eigenvalue weighted by Crippen LogP contribution is 2.27. The van der Waals surface area contributed by atoms with Crippen molar-refractivity contribution in [2.75, 3.05) is 17.0 Å². The average molecular weight is 372 g/mol. The van der Waals surface area contributed by atoms with E-state index in [1.54, 1.807) is 11.9 Å². The van der Waals surface area contributed by atoms with Gasteiger partial charge in [0.15, 0.2) is 0 Å². The van der Waals surface area contributed by atoms with Gasteiger partial charge in [0, 0.05) is 25.6 Å². The number of nitrogens with zero attached hydrogens (tertiary/aromatic N) is 3. The second-order valence-electron chi connectivity index (χ2n) is 7.32. The number of sulfonamides is 1. The van der Waals surface area contributed by atoms with Crippen LogP contribution in [-0.2, 0) is 34.8 Å². The predicted molar refractivity (Wildman–Crippen MR) is 95.9 cm³/mol. The van der Waals surface area contributed by atoms with E-state index >= 15 is 0 Å². The van der Waals surface area contributed by atoms with Gasteiger partial charge in [0.1, 0.15) is 11.4 Å². The van der Waals surface area contributed by atoms with Crippen molar-refractivity contribution in [1.29, 1.82) is 0 Å². The molecule has 142 valence electrons. The summed E-state index contributed by atoms with van der Waals surface area (Å²) >= 11 is 0. The zero-order chi connectivity index (χ0) is 18.8. The summed E-state index contributed by atoms with van der Waals surface area (Å²) in [5.41, 5.74) is 0.979. The lowest BCUT2D eigenvalue weighted by atomic mass is 10.1. The van der Waals surface area contributed by atoms with Crippen LogP contribution in [-0.4, -0.2) is 47.1 Å². The number of fused-ring (bicyclic) bond motifs is 1. The van der Waals surface area contributed by atoms with Gasteiger partial charge in [-0.2, -0.15) is 5.10 Å². The van der Waals surface area contributed by atoms with Crippen molar-refractivity contribution in [2.24, 2.45) is 7.05 Å². The van der Waals surface area contributed by atoms with E-state index in [-0.39, 0.29) is 12.3 Å². The van der Waals surface area contributed by atoms with Gasteiger partial charge in [0.2, 0.25) is 10.0 Å². The summed E-state index contributed by atoms with van der Waals surface area (Å²) in [5, 5.41) is 4.39. The lowest BCUT2D eigenvalue weighted by Gasteiger charge is -2.29. The molecular weight excluding hydrogens is 344 g/mol. The quantitative estimate of drug-likeness (QED) is 0.856. The number of anilines is 1. The third-order valence-electron chi connectivity index (χ3n) is 3.87. The Balaban J connectivity index is 2.19. The second kappa shape index (κ2) is 7.23. The molecule has 0 fully saturated rings. The van der Waals surface area contributed by atoms with Crippen molar-refractivity contribution in [2.45, 2.75) is 59.1 Å². The van der Waals surface area contributed by atoms with Crippen LogP contribution < -0.4 is 4.72 Å². The van der Waals surface area contributed by atoms with Crippen LogP contribution in [0.5, 0.6) is 0 Å². The minimum absolute atomic E-state index is 0.0687. The monoisotopic (exact) mass is 372 g/mol. The van der Waals surface area contributed by atoms with Gasteiger partial charge in [-0.15, -0.1) is 0 Å². The summed E-state index contributed by atoms with van der Waals surface area (Å²) in [7, 11) is -1.73. The SMILES string of the molecule is CCCCS(=O)(=O)Nc1c2c(nn1C)CCN(C(=O)OC(C)(C)C)C2. The average Bonchev–Trinajstić information content (AvgIpc) is 2.78. The molecule has 0 saturated carbocycles. The molecule has 1 N–H and O–H groups in total. The molecule has 0 unspecified atom stereocenters. The largest absolute Gasteiger partial charge is 0.444 e. The van der Waals surface area contributed by atoms with Gasteiger partial charge in [-0.05, 0) is 27.2 Å². The van der Waals surface area contributed by atoms with Crippen molar-refractivity contribution in [1.82, 2.24) is 14.7 Å². The number of hydrogen-bond donors (Lipinski definition) is 1. The highest BCUT2D eigenvalue weighted by Gasteiger charge is 2.30. The summed E-state index contributed by atoms with van der Waals surface area (Å²) in [6.07, 6.45) is 1.57. The Morgan fingerprint density at radius 3 is 2.64 bits per heavy atom. The predicted octanol–water partition coefficient (Wildman–Crippen LogP) is 2.26. The first-order valence-corrected chi connectivity index (χ1v) is 10.2. The molecule has 0 radical (unpaired) electrons. The first-order chi connectivity index (χ1) is 11.5. The molecule has 2 heterocycles. The molecule has 25 heavy (non-hydrogen) atoms. The topological polar surface area (TPSA) is 93.5 Å². The zero-order valence-electron chi connectivity index (χ0n) is 15.6. The van der Waals surface area contributed by atoms with Crippen LogP contribution >= 0.6 is 0 Å². The molecule has 8 nitrogen and oxygen atoms in total. The Hall–Kier alpha value is -1.77. The third kappa shape index (κ3) is 5.10. The van der Waals surface area contributed by atoms with Gasteiger partial charge in [0.05, 0.1) is 18.0 Å². The number of carbonyl (C=O) groups is 1.